The third-order valence-corrected chi connectivity index (χ3v) is 2.70. The molecule has 1 heterocycles. The van der Waals surface area contributed by atoms with Crippen LogP contribution in [0.4, 0.5) is 10.1 Å². The maximum atomic E-state index is 13.5. The molecule has 0 fully saturated rings. The SMILES string of the molecule is COc1ccc(C(=O)Nc2cnccc2C)cc1F. The molecule has 1 amide bonds. The number of aryl methyl sites for hydroxylation is 1. The van der Waals surface area contributed by atoms with Crippen LogP contribution < -0.4 is 10.1 Å². The van der Waals surface area contributed by atoms with E-state index < -0.39 is 11.7 Å². The minimum atomic E-state index is -0.571. The lowest BCUT2D eigenvalue weighted by molar-refractivity contribution is 0.102. The van der Waals surface area contributed by atoms with Crippen molar-refractivity contribution in [1.29, 1.82) is 0 Å². The highest BCUT2D eigenvalue weighted by Crippen LogP contribution is 2.19. The van der Waals surface area contributed by atoms with Crippen molar-refractivity contribution in [2.45, 2.75) is 6.92 Å². The number of nitrogens with zero attached hydrogens (tertiary/aromatic N) is 1. The van der Waals surface area contributed by atoms with Gasteiger partial charge >= 0.3 is 0 Å². The number of anilines is 1. The summed E-state index contributed by atoms with van der Waals surface area (Å²) in [4.78, 5) is 15.9. The van der Waals surface area contributed by atoms with E-state index in [1.165, 1.54) is 19.2 Å². The number of amides is 1. The third-order valence-electron chi connectivity index (χ3n) is 2.70. The van der Waals surface area contributed by atoms with Gasteiger partial charge in [0.05, 0.1) is 19.0 Å². The molecule has 0 aliphatic carbocycles. The highest BCUT2D eigenvalue weighted by atomic mass is 19.1. The van der Waals surface area contributed by atoms with Crippen molar-refractivity contribution < 1.29 is 13.9 Å². The zero-order chi connectivity index (χ0) is 13.8. The standard InChI is InChI=1S/C14H13FN2O2/c1-9-5-6-16-8-12(9)17-14(18)10-3-4-13(19-2)11(15)7-10/h3-8H,1-2H3,(H,17,18). The van der Waals surface area contributed by atoms with Crippen molar-refractivity contribution in [2.75, 3.05) is 12.4 Å². The minimum absolute atomic E-state index is 0.106. The van der Waals surface area contributed by atoms with E-state index in [-0.39, 0.29) is 11.3 Å². The predicted octanol–water partition coefficient (Wildman–Crippen LogP) is 2.79. The van der Waals surface area contributed by atoms with Crippen LogP contribution >= 0.6 is 0 Å². The largest absolute Gasteiger partial charge is 0.494 e. The Kier molecular flexibility index (Phi) is 3.75. The molecule has 19 heavy (non-hydrogen) atoms. The summed E-state index contributed by atoms with van der Waals surface area (Å²) in [5.41, 5.74) is 1.71. The fraction of sp³-hybridized carbons (Fsp3) is 0.143. The Morgan fingerprint density at radius 1 is 1.37 bits per heavy atom. The van der Waals surface area contributed by atoms with Gasteiger partial charge in [-0.1, -0.05) is 0 Å². The van der Waals surface area contributed by atoms with E-state index in [1.54, 1.807) is 18.5 Å². The molecule has 0 unspecified atom stereocenters. The number of methoxy groups -OCH3 is 1. The molecule has 0 aliphatic rings. The number of carbonyl (C=O) groups excluding carboxylic acids is 1. The van der Waals surface area contributed by atoms with E-state index >= 15 is 0 Å². The van der Waals surface area contributed by atoms with E-state index in [2.05, 4.69) is 10.3 Å². The maximum Gasteiger partial charge on any atom is 0.255 e. The van der Waals surface area contributed by atoms with E-state index in [9.17, 15) is 9.18 Å². The Balaban J connectivity index is 2.21. The molecular weight excluding hydrogens is 247 g/mol. The molecule has 5 heteroatoms. The molecule has 0 saturated carbocycles. The number of hydrogen-bond acceptors (Lipinski definition) is 3. The quantitative estimate of drug-likeness (QED) is 0.923. The molecule has 1 N–H and O–H groups in total. The number of benzene rings is 1. The zero-order valence-electron chi connectivity index (χ0n) is 10.6. The van der Waals surface area contributed by atoms with E-state index in [4.69, 9.17) is 4.74 Å². The zero-order valence-corrected chi connectivity index (χ0v) is 10.6. The number of hydrogen-bond donors (Lipinski definition) is 1. The van der Waals surface area contributed by atoms with E-state index in [0.29, 0.717) is 5.69 Å². The van der Waals surface area contributed by atoms with Crippen molar-refractivity contribution in [1.82, 2.24) is 4.98 Å². The summed E-state index contributed by atoms with van der Waals surface area (Å²) in [5.74, 6) is -0.857. The van der Waals surface area contributed by atoms with Crippen LogP contribution in [-0.2, 0) is 0 Å². The molecule has 0 spiro atoms. The minimum Gasteiger partial charge on any atom is -0.494 e. The number of halogens is 1. The first-order chi connectivity index (χ1) is 9.11. The molecule has 0 saturated heterocycles. The fourth-order valence-corrected chi connectivity index (χ4v) is 1.60. The molecule has 2 aromatic rings. The van der Waals surface area contributed by atoms with Crippen molar-refractivity contribution in [3.8, 4) is 5.75 Å². The van der Waals surface area contributed by atoms with Crippen molar-refractivity contribution in [3.05, 3.63) is 53.6 Å². The van der Waals surface area contributed by atoms with Crippen molar-refractivity contribution in [2.24, 2.45) is 0 Å². The molecule has 1 aromatic heterocycles. The summed E-state index contributed by atoms with van der Waals surface area (Å²) < 4.78 is 18.3. The van der Waals surface area contributed by atoms with Crippen LogP contribution in [0.5, 0.6) is 5.75 Å². The number of aromatic nitrogens is 1. The van der Waals surface area contributed by atoms with Gasteiger partial charge in [-0.15, -0.1) is 0 Å². The number of carbonyl (C=O) groups is 1. The highest BCUT2D eigenvalue weighted by molar-refractivity contribution is 6.04. The first-order valence-electron chi connectivity index (χ1n) is 5.67. The van der Waals surface area contributed by atoms with Crippen LogP contribution in [0.3, 0.4) is 0 Å². The van der Waals surface area contributed by atoms with Crippen molar-refractivity contribution in [3.63, 3.8) is 0 Å². The van der Waals surface area contributed by atoms with Crippen LogP contribution in [0.2, 0.25) is 0 Å². The average molecular weight is 260 g/mol. The molecule has 0 radical (unpaired) electrons. The molecule has 98 valence electrons. The Bertz CT molecular complexity index is 614. The van der Waals surface area contributed by atoms with Gasteiger partial charge in [-0.05, 0) is 36.8 Å². The van der Waals surface area contributed by atoms with Gasteiger partial charge < -0.3 is 10.1 Å². The van der Waals surface area contributed by atoms with Crippen LogP contribution in [0.1, 0.15) is 15.9 Å². The van der Waals surface area contributed by atoms with Gasteiger partial charge in [0.25, 0.3) is 5.91 Å². The smallest absolute Gasteiger partial charge is 0.255 e. The molecular formula is C14H13FN2O2. The van der Waals surface area contributed by atoms with Gasteiger partial charge in [0.2, 0.25) is 0 Å². The molecule has 1 aromatic carbocycles. The van der Waals surface area contributed by atoms with Gasteiger partial charge in [0, 0.05) is 11.8 Å². The third kappa shape index (κ3) is 2.88. The Hall–Kier alpha value is -2.43. The van der Waals surface area contributed by atoms with Crippen LogP contribution in [-0.4, -0.2) is 18.0 Å². The molecule has 0 bridgehead atoms. The Labute approximate surface area is 110 Å². The first kappa shape index (κ1) is 13.0. The van der Waals surface area contributed by atoms with Crippen LogP contribution in [0, 0.1) is 12.7 Å². The summed E-state index contributed by atoms with van der Waals surface area (Å²) in [6, 6.07) is 5.84. The lowest BCUT2D eigenvalue weighted by Gasteiger charge is -2.08. The summed E-state index contributed by atoms with van der Waals surface area (Å²) in [5, 5.41) is 2.68. The lowest BCUT2D eigenvalue weighted by atomic mass is 10.2. The van der Waals surface area contributed by atoms with Gasteiger partial charge in [0.15, 0.2) is 11.6 Å². The second kappa shape index (κ2) is 5.48. The lowest BCUT2D eigenvalue weighted by Crippen LogP contribution is -2.13. The predicted molar refractivity (Wildman–Crippen MR) is 69.9 cm³/mol. The van der Waals surface area contributed by atoms with Gasteiger partial charge in [-0.2, -0.15) is 0 Å². The van der Waals surface area contributed by atoms with Crippen LogP contribution in [0.25, 0.3) is 0 Å². The van der Waals surface area contributed by atoms with Crippen molar-refractivity contribution >= 4 is 11.6 Å². The van der Waals surface area contributed by atoms with Crippen LogP contribution in [0.15, 0.2) is 36.7 Å². The Morgan fingerprint density at radius 2 is 2.16 bits per heavy atom. The highest BCUT2D eigenvalue weighted by Gasteiger charge is 2.11. The average Bonchev–Trinajstić information content (AvgIpc) is 2.41. The van der Waals surface area contributed by atoms with Gasteiger partial charge in [-0.3, -0.25) is 9.78 Å². The molecule has 0 aliphatic heterocycles. The number of pyridine rings is 1. The summed E-state index contributed by atoms with van der Waals surface area (Å²) >= 11 is 0. The summed E-state index contributed by atoms with van der Waals surface area (Å²) in [6.07, 6.45) is 3.19. The normalized spacial score (nSPS) is 10.1. The van der Waals surface area contributed by atoms with E-state index in [1.807, 2.05) is 6.92 Å². The number of ether oxygens (including phenoxy) is 1. The van der Waals surface area contributed by atoms with E-state index in [0.717, 1.165) is 11.6 Å². The molecule has 0 atom stereocenters. The van der Waals surface area contributed by atoms with Gasteiger partial charge in [0.1, 0.15) is 0 Å². The number of rotatable bonds is 3. The maximum absolute atomic E-state index is 13.5. The summed E-state index contributed by atoms with van der Waals surface area (Å²) in [7, 11) is 1.37. The molecule has 2 rings (SSSR count). The first-order valence-corrected chi connectivity index (χ1v) is 5.67. The fourth-order valence-electron chi connectivity index (χ4n) is 1.60. The Morgan fingerprint density at radius 3 is 2.79 bits per heavy atom. The molecule has 4 nitrogen and oxygen atoms in total. The second-order valence-electron chi connectivity index (χ2n) is 3.99. The summed E-state index contributed by atoms with van der Waals surface area (Å²) in [6.45, 7) is 1.85. The number of nitrogens with one attached hydrogen (secondary N) is 1. The van der Waals surface area contributed by atoms with Gasteiger partial charge in [-0.25, -0.2) is 4.39 Å². The monoisotopic (exact) mass is 260 g/mol. The second-order valence-corrected chi connectivity index (χ2v) is 3.99. The topological polar surface area (TPSA) is 51.2 Å².